The fourth-order valence-electron chi connectivity index (χ4n) is 1.71. The fraction of sp³-hybridized carbons (Fsp3) is 0.429. The first-order valence-corrected chi connectivity index (χ1v) is 6.32. The van der Waals surface area contributed by atoms with Crippen molar-refractivity contribution in [2.45, 2.75) is 33.5 Å². The number of aromatic nitrogens is 2. The molecule has 0 bridgehead atoms. The van der Waals surface area contributed by atoms with Crippen LogP contribution < -0.4 is 4.74 Å². The molecule has 1 aromatic carbocycles. The van der Waals surface area contributed by atoms with Crippen molar-refractivity contribution in [2.75, 3.05) is 0 Å². The van der Waals surface area contributed by atoms with E-state index in [0.717, 1.165) is 12.0 Å². The number of hydrogen-bond acceptors (Lipinski definition) is 5. The predicted molar refractivity (Wildman–Crippen MR) is 69.5 cm³/mol. The number of rotatable bonds is 6. The van der Waals surface area contributed by atoms with Crippen LogP contribution in [0.3, 0.4) is 0 Å². The van der Waals surface area contributed by atoms with Crippen LogP contribution in [-0.2, 0) is 19.6 Å². The molecule has 0 aliphatic rings. The summed E-state index contributed by atoms with van der Waals surface area (Å²) in [6, 6.07) is 7.32. The van der Waals surface area contributed by atoms with E-state index in [1.807, 2.05) is 18.2 Å². The summed E-state index contributed by atoms with van der Waals surface area (Å²) < 4.78 is 10.7. The Morgan fingerprint density at radius 2 is 2.11 bits per heavy atom. The number of para-hydroxylation sites is 1. The van der Waals surface area contributed by atoms with E-state index in [0.29, 0.717) is 23.4 Å². The molecule has 0 aliphatic heterocycles. The molecule has 2 rings (SSSR count). The number of nitrogens with zero attached hydrogens (tertiary/aromatic N) is 2. The molecule has 1 aromatic heterocycles. The molecule has 102 valence electrons. The minimum Gasteiger partial charge on any atom is -0.483 e. The molecule has 0 radical (unpaired) electrons. The van der Waals surface area contributed by atoms with Gasteiger partial charge < -0.3 is 14.4 Å². The third-order valence-electron chi connectivity index (χ3n) is 2.60. The second-order valence-corrected chi connectivity index (χ2v) is 4.76. The number of hydrogen-bond donors (Lipinski definition) is 1. The van der Waals surface area contributed by atoms with Crippen molar-refractivity contribution in [3.05, 3.63) is 41.5 Å². The monoisotopic (exact) mass is 262 g/mol. The molecule has 2 aromatic rings. The second-order valence-electron chi connectivity index (χ2n) is 4.76. The van der Waals surface area contributed by atoms with Crippen LogP contribution in [0.2, 0.25) is 0 Å². The molecule has 0 unspecified atom stereocenters. The standard InChI is InChI=1S/C14H18N2O3/c1-10(2)7-13-15-14(19-16-13)9-18-12-6-4-3-5-11(12)8-17/h3-6,10,17H,7-9H2,1-2H3. The molecule has 0 saturated carbocycles. The van der Waals surface area contributed by atoms with Gasteiger partial charge in [-0.2, -0.15) is 4.98 Å². The minimum atomic E-state index is -0.0569. The van der Waals surface area contributed by atoms with Crippen LogP contribution in [0, 0.1) is 5.92 Å². The summed E-state index contributed by atoms with van der Waals surface area (Å²) in [7, 11) is 0. The Bertz CT molecular complexity index is 523. The maximum absolute atomic E-state index is 9.19. The highest BCUT2D eigenvalue weighted by atomic mass is 16.5. The van der Waals surface area contributed by atoms with E-state index in [2.05, 4.69) is 24.0 Å². The lowest BCUT2D eigenvalue weighted by molar-refractivity contribution is 0.228. The quantitative estimate of drug-likeness (QED) is 0.865. The van der Waals surface area contributed by atoms with Crippen molar-refractivity contribution >= 4 is 0 Å². The maximum atomic E-state index is 9.19. The molecule has 1 heterocycles. The first-order valence-electron chi connectivity index (χ1n) is 6.32. The number of aliphatic hydroxyl groups is 1. The van der Waals surface area contributed by atoms with Gasteiger partial charge in [0.15, 0.2) is 12.4 Å². The first kappa shape index (κ1) is 13.5. The molecule has 0 amide bonds. The molecule has 0 fully saturated rings. The van der Waals surface area contributed by atoms with Crippen molar-refractivity contribution in [2.24, 2.45) is 5.92 Å². The summed E-state index contributed by atoms with van der Waals surface area (Å²) in [5.74, 6) is 2.27. The molecule has 0 atom stereocenters. The van der Waals surface area contributed by atoms with Gasteiger partial charge >= 0.3 is 0 Å². The van der Waals surface area contributed by atoms with Gasteiger partial charge in [-0.1, -0.05) is 37.2 Å². The van der Waals surface area contributed by atoms with Crippen LogP contribution >= 0.6 is 0 Å². The van der Waals surface area contributed by atoms with Crippen molar-refractivity contribution in [1.82, 2.24) is 10.1 Å². The van der Waals surface area contributed by atoms with Gasteiger partial charge in [-0.3, -0.25) is 0 Å². The molecule has 0 aliphatic carbocycles. The predicted octanol–water partition coefficient (Wildman–Crippen LogP) is 2.34. The molecular formula is C14H18N2O3. The van der Waals surface area contributed by atoms with Crippen molar-refractivity contribution < 1.29 is 14.4 Å². The topological polar surface area (TPSA) is 68.4 Å². The zero-order valence-electron chi connectivity index (χ0n) is 11.2. The lowest BCUT2D eigenvalue weighted by Crippen LogP contribution is -2.00. The van der Waals surface area contributed by atoms with Crippen LogP contribution in [0.4, 0.5) is 0 Å². The Morgan fingerprint density at radius 3 is 2.84 bits per heavy atom. The van der Waals surface area contributed by atoms with Crippen molar-refractivity contribution in [3.8, 4) is 5.75 Å². The molecule has 0 spiro atoms. The smallest absolute Gasteiger partial charge is 0.264 e. The number of benzene rings is 1. The molecule has 0 saturated heterocycles. The molecule has 5 nitrogen and oxygen atoms in total. The Kier molecular flexibility index (Phi) is 4.52. The van der Waals surface area contributed by atoms with E-state index in [4.69, 9.17) is 9.26 Å². The van der Waals surface area contributed by atoms with Gasteiger partial charge in [0.2, 0.25) is 0 Å². The highest BCUT2D eigenvalue weighted by molar-refractivity contribution is 5.32. The van der Waals surface area contributed by atoms with E-state index in [9.17, 15) is 5.11 Å². The molecule has 5 heteroatoms. The average molecular weight is 262 g/mol. The highest BCUT2D eigenvalue weighted by Crippen LogP contribution is 2.18. The van der Waals surface area contributed by atoms with Crippen LogP contribution in [0.15, 0.2) is 28.8 Å². The summed E-state index contributed by atoms with van der Waals surface area (Å²) in [5, 5.41) is 13.1. The van der Waals surface area contributed by atoms with Gasteiger partial charge in [0, 0.05) is 12.0 Å². The van der Waals surface area contributed by atoms with Gasteiger partial charge in [-0.25, -0.2) is 0 Å². The largest absolute Gasteiger partial charge is 0.483 e. The summed E-state index contributed by atoms with van der Waals surface area (Å²) >= 11 is 0. The Balaban J connectivity index is 1.96. The lowest BCUT2D eigenvalue weighted by Gasteiger charge is -2.07. The van der Waals surface area contributed by atoms with E-state index in [1.165, 1.54) is 0 Å². The zero-order valence-corrected chi connectivity index (χ0v) is 11.2. The van der Waals surface area contributed by atoms with Gasteiger partial charge in [0.25, 0.3) is 5.89 Å². The summed E-state index contributed by atoms with van der Waals surface area (Å²) in [6.45, 7) is 4.36. The molecule has 1 N–H and O–H groups in total. The summed E-state index contributed by atoms with van der Waals surface area (Å²) in [6.07, 6.45) is 0.788. The third-order valence-corrected chi connectivity index (χ3v) is 2.60. The van der Waals surface area contributed by atoms with E-state index in [-0.39, 0.29) is 13.2 Å². The Labute approximate surface area is 112 Å². The lowest BCUT2D eigenvalue weighted by atomic mass is 10.1. The van der Waals surface area contributed by atoms with Crippen molar-refractivity contribution in [1.29, 1.82) is 0 Å². The van der Waals surface area contributed by atoms with E-state index >= 15 is 0 Å². The maximum Gasteiger partial charge on any atom is 0.264 e. The van der Waals surface area contributed by atoms with Gasteiger partial charge in [-0.15, -0.1) is 0 Å². The number of ether oxygens (including phenoxy) is 1. The highest BCUT2D eigenvalue weighted by Gasteiger charge is 2.09. The summed E-state index contributed by atoms with van der Waals surface area (Å²) in [4.78, 5) is 4.26. The van der Waals surface area contributed by atoms with E-state index in [1.54, 1.807) is 6.07 Å². The Hall–Kier alpha value is -1.88. The van der Waals surface area contributed by atoms with Crippen LogP contribution in [0.25, 0.3) is 0 Å². The van der Waals surface area contributed by atoms with E-state index < -0.39 is 0 Å². The van der Waals surface area contributed by atoms with Crippen LogP contribution in [-0.4, -0.2) is 15.2 Å². The second kappa shape index (κ2) is 6.33. The van der Waals surface area contributed by atoms with Crippen LogP contribution in [0.1, 0.15) is 31.1 Å². The number of aliphatic hydroxyl groups excluding tert-OH is 1. The SMILES string of the molecule is CC(C)Cc1noc(COc2ccccc2CO)n1. The third kappa shape index (κ3) is 3.79. The average Bonchev–Trinajstić information content (AvgIpc) is 2.83. The minimum absolute atomic E-state index is 0.0569. The Morgan fingerprint density at radius 1 is 1.32 bits per heavy atom. The van der Waals surface area contributed by atoms with Crippen molar-refractivity contribution in [3.63, 3.8) is 0 Å². The van der Waals surface area contributed by atoms with Crippen LogP contribution in [0.5, 0.6) is 5.75 Å². The molecular weight excluding hydrogens is 244 g/mol. The van der Waals surface area contributed by atoms with Gasteiger partial charge in [0.05, 0.1) is 6.61 Å². The zero-order chi connectivity index (χ0) is 13.7. The normalized spacial score (nSPS) is 10.9. The fourth-order valence-corrected chi connectivity index (χ4v) is 1.71. The molecule has 19 heavy (non-hydrogen) atoms. The van der Waals surface area contributed by atoms with Gasteiger partial charge in [0.1, 0.15) is 5.75 Å². The first-order chi connectivity index (χ1) is 9.19. The summed E-state index contributed by atoms with van der Waals surface area (Å²) in [5.41, 5.74) is 0.740. The van der Waals surface area contributed by atoms with Gasteiger partial charge in [-0.05, 0) is 12.0 Å².